The van der Waals surface area contributed by atoms with Crippen molar-refractivity contribution in [3.05, 3.63) is 70.3 Å². The van der Waals surface area contributed by atoms with Crippen LogP contribution in [-0.4, -0.2) is 7.11 Å². The molecule has 3 rings (SSSR count). The molecule has 0 atom stereocenters. The summed E-state index contributed by atoms with van der Waals surface area (Å²) in [5.74, 6) is 0.954. The molecule has 0 amide bonds. The Morgan fingerprint density at radius 2 is 1.74 bits per heavy atom. The molecule has 0 aromatic heterocycles. The van der Waals surface area contributed by atoms with Crippen LogP contribution in [0.25, 0.3) is 5.57 Å². The average Bonchev–Trinajstić information content (AvgIpc) is 2.47. The summed E-state index contributed by atoms with van der Waals surface area (Å²) in [5.41, 5.74) is 4.76. The zero-order valence-electron chi connectivity index (χ0n) is 10.8. The Morgan fingerprint density at radius 3 is 2.47 bits per heavy atom. The minimum absolute atomic E-state index is 0.874. The van der Waals surface area contributed by atoms with Gasteiger partial charge in [-0.15, -0.1) is 0 Å². The maximum Gasteiger partial charge on any atom is 0.122 e. The van der Waals surface area contributed by atoms with Gasteiger partial charge in [0.25, 0.3) is 0 Å². The molecule has 0 saturated carbocycles. The summed E-state index contributed by atoms with van der Waals surface area (Å²) in [6.07, 6.45) is 1.81. The Morgan fingerprint density at radius 1 is 0.947 bits per heavy atom. The monoisotopic (exact) mass is 270 g/mol. The Bertz CT molecular complexity index is 629. The highest BCUT2D eigenvalue weighted by molar-refractivity contribution is 6.33. The number of halogens is 1. The summed E-state index contributed by atoms with van der Waals surface area (Å²) < 4.78 is 5.47. The molecule has 2 heteroatoms. The van der Waals surface area contributed by atoms with Gasteiger partial charge in [-0.3, -0.25) is 0 Å². The first kappa shape index (κ1) is 12.3. The standard InChI is InChI=1S/C17H15ClO/c1-19-16-9-5-8-14-13(16)10-11-15(18)17(14)12-6-3-2-4-7-12/h2-9H,10-11H2,1H3. The van der Waals surface area contributed by atoms with Crippen molar-refractivity contribution in [1.29, 1.82) is 0 Å². The van der Waals surface area contributed by atoms with Gasteiger partial charge in [-0.25, -0.2) is 0 Å². The van der Waals surface area contributed by atoms with E-state index in [-0.39, 0.29) is 0 Å². The molecule has 0 unspecified atom stereocenters. The van der Waals surface area contributed by atoms with Crippen LogP contribution in [-0.2, 0) is 6.42 Å². The number of hydrogen-bond donors (Lipinski definition) is 0. The Hall–Kier alpha value is -1.73. The molecule has 0 bridgehead atoms. The third-order valence-electron chi connectivity index (χ3n) is 3.55. The van der Waals surface area contributed by atoms with E-state index in [1.54, 1.807) is 7.11 Å². The zero-order valence-corrected chi connectivity index (χ0v) is 11.6. The summed E-state index contributed by atoms with van der Waals surface area (Å²) in [6, 6.07) is 16.5. The predicted molar refractivity (Wildman–Crippen MR) is 79.6 cm³/mol. The molecular formula is C17H15ClO. The lowest BCUT2D eigenvalue weighted by molar-refractivity contribution is 0.409. The topological polar surface area (TPSA) is 9.23 Å². The molecule has 0 saturated heterocycles. The third kappa shape index (κ3) is 2.15. The minimum atomic E-state index is 0.874. The van der Waals surface area contributed by atoms with Crippen LogP contribution in [0.3, 0.4) is 0 Å². The van der Waals surface area contributed by atoms with Crippen LogP contribution in [0.4, 0.5) is 0 Å². The molecule has 19 heavy (non-hydrogen) atoms. The van der Waals surface area contributed by atoms with E-state index >= 15 is 0 Å². The molecule has 1 aliphatic rings. The predicted octanol–water partition coefficient (Wildman–Crippen LogP) is 4.64. The minimum Gasteiger partial charge on any atom is -0.496 e. The maximum absolute atomic E-state index is 6.48. The molecule has 0 aliphatic heterocycles. The van der Waals surface area contributed by atoms with E-state index in [0.717, 1.165) is 29.2 Å². The van der Waals surface area contributed by atoms with E-state index in [1.807, 2.05) is 30.3 Å². The normalized spacial score (nSPS) is 14.2. The lowest BCUT2D eigenvalue weighted by Gasteiger charge is -2.22. The van der Waals surface area contributed by atoms with Crippen molar-refractivity contribution in [2.75, 3.05) is 7.11 Å². The molecule has 1 nitrogen and oxygen atoms in total. The fourth-order valence-corrected chi connectivity index (χ4v) is 2.98. The SMILES string of the molecule is COc1cccc2c1CCC(Cl)=C2c1ccccc1. The fourth-order valence-electron chi connectivity index (χ4n) is 2.67. The van der Waals surface area contributed by atoms with Crippen molar-refractivity contribution < 1.29 is 4.74 Å². The second kappa shape index (κ2) is 5.10. The smallest absolute Gasteiger partial charge is 0.122 e. The van der Waals surface area contributed by atoms with E-state index in [4.69, 9.17) is 16.3 Å². The first-order valence-electron chi connectivity index (χ1n) is 6.41. The van der Waals surface area contributed by atoms with Crippen molar-refractivity contribution in [3.63, 3.8) is 0 Å². The molecule has 0 heterocycles. The van der Waals surface area contributed by atoms with Crippen molar-refractivity contribution in [2.24, 2.45) is 0 Å². The van der Waals surface area contributed by atoms with E-state index in [2.05, 4.69) is 18.2 Å². The van der Waals surface area contributed by atoms with Crippen LogP contribution in [0.15, 0.2) is 53.6 Å². The van der Waals surface area contributed by atoms with Crippen LogP contribution in [0.1, 0.15) is 23.1 Å². The number of fused-ring (bicyclic) bond motifs is 1. The van der Waals surface area contributed by atoms with Gasteiger partial charge in [0.2, 0.25) is 0 Å². The first-order valence-corrected chi connectivity index (χ1v) is 6.79. The van der Waals surface area contributed by atoms with E-state index in [0.29, 0.717) is 0 Å². The van der Waals surface area contributed by atoms with Crippen molar-refractivity contribution in [3.8, 4) is 5.75 Å². The van der Waals surface area contributed by atoms with Gasteiger partial charge in [-0.2, -0.15) is 0 Å². The molecule has 2 aromatic rings. The van der Waals surface area contributed by atoms with Crippen molar-refractivity contribution in [1.82, 2.24) is 0 Å². The zero-order chi connectivity index (χ0) is 13.2. The highest BCUT2D eigenvalue weighted by atomic mass is 35.5. The second-order valence-electron chi connectivity index (χ2n) is 4.63. The van der Waals surface area contributed by atoms with Crippen LogP contribution in [0.2, 0.25) is 0 Å². The van der Waals surface area contributed by atoms with Crippen LogP contribution in [0.5, 0.6) is 5.75 Å². The lowest BCUT2D eigenvalue weighted by Crippen LogP contribution is -2.05. The van der Waals surface area contributed by atoms with Gasteiger partial charge in [0.05, 0.1) is 7.11 Å². The highest BCUT2D eigenvalue weighted by Gasteiger charge is 2.21. The molecule has 0 spiro atoms. The van der Waals surface area contributed by atoms with Gasteiger partial charge in [-0.05, 0) is 30.0 Å². The quantitative estimate of drug-likeness (QED) is 0.772. The van der Waals surface area contributed by atoms with Crippen molar-refractivity contribution >= 4 is 17.2 Å². The summed E-state index contributed by atoms with van der Waals surface area (Å²) in [5, 5.41) is 0.937. The van der Waals surface area contributed by atoms with E-state index in [1.165, 1.54) is 16.7 Å². The molecule has 1 aliphatic carbocycles. The Kier molecular flexibility index (Phi) is 3.31. The van der Waals surface area contributed by atoms with Crippen LogP contribution in [0, 0.1) is 0 Å². The number of ether oxygens (including phenoxy) is 1. The number of allylic oxidation sites excluding steroid dienone is 1. The maximum atomic E-state index is 6.48. The highest BCUT2D eigenvalue weighted by Crippen LogP contribution is 2.40. The van der Waals surface area contributed by atoms with Gasteiger partial charge in [0.15, 0.2) is 0 Å². The summed E-state index contributed by atoms with van der Waals surface area (Å²) in [4.78, 5) is 0. The van der Waals surface area contributed by atoms with Gasteiger partial charge in [0, 0.05) is 16.2 Å². The van der Waals surface area contributed by atoms with Crippen LogP contribution >= 0.6 is 11.6 Å². The van der Waals surface area contributed by atoms with E-state index < -0.39 is 0 Å². The second-order valence-corrected chi connectivity index (χ2v) is 5.09. The van der Waals surface area contributed by atoms with E-state index in [9.17, 15) is 0 Å². The number of hydrogen-bond acceptors (Lipinski definition) is 1. The van der Waals surface area contributed by atoms with Crippen LogP contribution < -0.4 is 4.74 Å². The molecule has 0 N–H and O–H groups in total. The summed E-state index contributed by atoms with van der Waals surface area (Å²) >= 11 is 6.48. The third-order valence-corrected chi connectivity index (χ3v) is 3.93. The largest absolute Gasteiger partial charge is 0.496 e. The number of rotatable bonds is 2. The molecule has 96 valence electrons. The van der Waals surface area contributed by atoms with Gasteiger partial charge < -0.3 is 4.74 Å². The van der Waals surface area contributed by atoms with Crippen molar-refractivity contribution in [2.45, 2.75) is 12.8 Å². The van der Waals surface area contributed by atoms with Gasteiger partial charge >= 0.3 is 0 Å². The lowest BCUT2D eigenvalue weighted by atomic mass is 9.86. The van der Waals surface area contributed by atoms with Gasteiger partial charge in [0.1, 0.15) is 5.75 Å². The summed E-state index contributed by atoms with van der Waals surface area (Å²) in [7, 11) is 1.72. The first-order chi connectivity index (χ1) is 9.31. The van der Waals surface area contributed by atoms with Gasteiger partial charge in [-0.1, -0.05) is 54.1 Å². The molecular weight excluding hydrogens is 256 g/mol. The molecule has 0 radical (unpaired) electrons. The summed E-state index contributed by atoms with van der Waals surface area (Å²) in [6.45, 7) is 0. The number of benzene rings is 2. The Labute approximate surface area is 118 Å². The average molecular weight is 271 g/mol. The molecule has 2 aromatic carbocycles. The Balaban J connectivity index is 2.21. The number of methoxy groups -OCH3 is 1. The fraction of sp³-hybridized carbons (Fsp3) is 0.176. The molecule has 0 fully saturated rings.